The molecule has 1 aromatic rings. The lowest BCUT2D eigenvalue weighted by Gasteiger charge is -2.22. The van der Waals surface area contributed by atoms with E-state index in [9.17, 15) is 9.36 Å². The fourth-order valence-corrected chi connectivity index (χ4v) is 3.15. The third kappa shape index (κ3) is 5.23. The predicted octanol–water partition coefficient (Wildman–Crippen LogP) is 3.20. The number of hydrogen-bond acceptors (Lipinski definition) is 4. The zero-order valence-electron chi connectivity index (χ0n) is 11.0. The van der Waals surface area contributed by atoms with Crippen molar-refractivity contribution in [2.24, 2.45) is 5.92 Å². The maximum Gasteiger partial charge on any atom is 0.409 e. The first-order valence-corrected chi connectivity index (χ1v) is 8.28. The number of carbonyl (C=O) groups excluding carboxylic acids is 1. The van der Waals surface area contributed by atoms with Crippen LogP contribution in [0.3, 0.4) is 0 Å². The molecular formula is C12H17ClNO4P. The van der Waals surface area contributed by atoms with Crippen LogP contribution in [0.25, 0.3) is 0 Å². The lowest BCUT2D eigenvalue weighted by Crippen LogP contribution is -2.39. The molecule has 0 bridgehead atoms. The number of esters is 1. The van der Waals surface area contributed by atoms with Gasteiger partial charge in [-0.05, 0) is 18.1 Å². The van der Waals surface area contributed by atoms with E-state index in [0.29, 0.717) is 5.75 Å². The maximum absolute atomic E-state index is 12.1. The number of nitrogens with one attached hydrogen (secondary N) is 1. The molecule has 5 nitrogen and oxygen atoms in total. The topological polar surface area (TPSA) is 64.6 Å². The Kier molecular flexibility index (Phi) is 5.85. The maximum atomic E-state index is 12.1. The summed E-state index contributed by atoms with van der Waals surface area (Å²) in [5, 5.41) is 2.52. The summed E-state index contributed by atoms with van der Waals surface area (Å²) in [7, 11) is 1.26. The number of rotatable bonds is 6. The molecule has 0 saturated heterocycles. The fourth-order valence-electron chi connectivity index (χ4n) is 1.41. The third-order valence-electron chi connectivity index (χ3n) is 2.38. The van der Waals surface area contributed by atoms with Gasteiger partial charge in [0.15, 0.2) is 0 Å². The summed E-state index contributed by atoms with van der Waals surface area (Å²) in [5.41, 5.74) is 0. The minimum atomic E-state index is -3.67. The minimum Gasteiger partial charge on any atom is -0.468 e. The average Bonchev–Trinajstić information content (AvgIpc) is 2.35. The second-order valence-electron chi connectivity index (χ2n) is 4.26. The van der Waals surface area contributed by atoms with Crippen molar-refractivity contribution in [3.63, 3.8) is 0 Å². The first kappa shape index (κ1) is 16.0. The monoisotopic (exact) mass is 305 g/mol. The second-order valence-corrected chi connectivity index (χ2v) is 6.99. The summed E-state index contributed by atoms with van der Waals surface area (Å²) in [6, 6.07) is 7.71. The molecule has 19 heavy (non-hydrogen) atoms. The van der Waals surface area contributed by atoms with Gasteiger partial charge in [0.2, 0.25) is 0 Å². The van der Waals surface area contributed by atoms with Crippen molar-refractivity contribution >= 4 is 24.1 Å². The van der Waals surface area contributed by atoms with Crippen LogP contribution in [0.15, 0.2) is 30.3 Å². The first-order chi connectivity index (χ1) is 8.85. The summed E-state index contributed by atoms with van der Waals surface area (Å²) in [4.78, 5) is 11.6. The summed E-state index contributed by atoms with van der Waals surface area (Å²) >= 11 is 5.83. The van der Waals surface area contributed by atoms with Gasteiger partial charge in [0.05, 0.1) is 7.11 Å². The Bertz CT molecular complexity index is 466. The van der Waals surface area contributed by atoms with Gasteiger partial charge < -0.3 is 9.26 Å². The number of halogens is 1. The molecule has 106 valence electrons. The van der Waals surface area contributed by atoms with Crippen LogP contribution < -0.4 is 9.61 Å². The largest absolute Gasteiger partial charge is 0.468 e. The quantitative estimate of drug-likeness (QED) is 0.646. The number of ether oxygens (including phenoxy) is 1. The van der Waals surface area contributed by atoms with E-state index in [2.05, 4.69) is 9.82 Å². The molecule has 7 heteroatoms. The highest BCUT2D eigenvalue weighted by Crippen LogP contribution is 2.49. The standard InChI is InChI=1S/C12H17ClNO4P/c1-9(2)11(12(15)17-3)14-19(13,16)18-10-7-5-4-6-8-10/h4-9,11H,1-3H3,(H,14,16)/t11-,19?/m1/s1. The van der Waals surface area contributed by atoms with Gasteiger partial charge in [-0.25, -0.2) is 9.65 Å². The highest BCUT2D eigenvalue weighted by atomic mass is 35.7. The number of benzene rings is 1. The second kappa shape index (κ2) is 6.94. The summed E-state index contributed by atoms with van der Waals surface area (Å²) < 4.78 is 22.0. The smallest absolute Gasteiger partial charge is 0.409 e. The molecular weight excluding hydrogens is 289 g/mol. The van der Waals surface area contributed by atoms with Crippen molar-refractivity contribution in [3.05, 3.63) is 30.3 Å². The summed E-state index contributed by atoms with van der Waals surface area (Å²) in [5.74, 6) is -0.313. The van der Waals surface area contributed by atoms with Gasteiger partial charge in [-0.2, -0.15) is 0 Å². The van der Waals surface area contributed by atoms with Crippen molar-refractivity contribution in [1.82, 2.24) is 5.09 Å². The van der Waals surface area contributed by atoms with Gasteiger partial charge in [0, 0.05) is 11.2 Å². The number of para-hydroxylation sites is 1. The van der Waals surface area contributed by atoms with Crippen molar-refractivity contribution < 1.29 is 18.6 Å². The lowest BCUT2D eigenvalue weighted by atomic mass is 10.1. The van der Waals surface area contributed by atoms with Crippen LogP contribution in [0, 0.1) is 5.92 Å². The molecule has 0 aliphatic carbocycles. The Morgan fingerprint density at radius 1 is 1.32 bits per heavy atom. The van der Waals surface area contributed by atoms with E-state index < -0.39 is 18.9 Å². The van der Waals surface area contributed by atoms with E-state index in [0.717, 1.165) is 0 Å². The van der Waals surface area contributed by atoms with E-state index in [1.807, 2.05) is 0 Å². The number of methoxy groups -OCH3 is 1. The highest BCUT2D eigenvalue weighted by Gasteiger charge is 2.32. The molecule has 0 saturated carbocycles. The van der Waals surface area contributed by atoms with Crippen LogP contribution in [-0.2, 0) is 14.1 Å². The lowest BCUT2D eigenvalue weighted by molar-refractivity contribution is -0.143. The molecule has 0 fully saturated rings. The van der Waals surface area contributed by atoms with Crippen molar-refractivity contribution in [2.45, 2.75) is 19.9 Å². The predicted molar refractivity (Wildman–Crippen MR) is 74.3 cm³/mol. The van der Waals surface area contributed by atoms with Gasteiger partial charge in [-0.3, -0.25) is 4.79 Å². The van der Waals surface area contributed by atoms with Crippen molar-refractivity contribution in [2.75, 3.05) is 7.11 Å². The van der Waals surface area contributed by atoms with Crippen LogP contribution in [0.1, 0.15) is 13.8 Å². The Morgan fingerprint density at radius 3 is 2.37 bits per heavy atom. The summed E-state index contributed by atoms with van der Waals surface area (Å²) in [6.07, 6.45) is 0. The van der Waals surface area contributed by atoms with Gasteiger partial charge in [-0.1, -0.05) is 32.0 Å². The minimum absolute atomic E-state index is 0.140. The molecule has 0 heterocycles. The molecule has 2 atom stereocenters. The van der Waals surface area contributed by atoms with Crippen LogP contribution in [-0.4, -0.2) is 19.1 Å². The molecule has 1 rings (SSSR count). The van der Waals surface area contributed by atoms with Crippen molar-refractivity contribution in [3.8, 4) is 5.75 Å². The molecule has 1 N–H and O–H groups in total. The third-order valence-corrected chi connectivity index (χ3v) is 3.91. The Hall–Kier alpha value is -1.03. The normalized spacial score (nSPS) is 15.6. The van der Waals surface area contributed by atoms with Gasteiger partial charge in [0.25, 0.3) is 0 Å². The van der Waals surface area contributed by atoms with Crippen LogP contribution in [0.5, 0.6) is 5.75 Å². The Labute approximate surface area is 117 Å². The van der Waals surface area contributed by atoms with Crippen LogP contribution in [0.4, 0.5) is 0 Å². The molecule has 0 aliphatic heterocycles. The molecule has 1 unspecified atom stereocenters. The number of carbonyl (C=O) groups is 1. The molecule has 0 aromatic heterocycles. The van der Waals surface area contributed by atoms with Gasteiger partial charge in [0.1, 0.15) is 11.8 Å². The average molecular weight is 306 g/mol. The van der Waals surface area contributed by atoms with E-state index in [1.54, 1.807) is 44.2 Å². The van der Waals surface area contributed by atoms with Crippen LogP contribution in [0.2, 0.25) is 0 Å². The zero-order chi connectivity index (χ0) is 14.5. The van der Waals surface area contributed by atoms with Gasteiger partial charge >= 0.3 is 12.8 Å². The Balaban J connectivity index is 2.77. The van der Waals surface area contributed by atoms with Crippen LogP contribution >= 0.6 is 18.1 Å². The van der Waals surface area contributed by atoms with E-state index in [4.69, 9.17) is 15.8 Å². The molecule has 0 aliphatic rings. The summed E-state index contributed by atoms with van der Waals surface area (Å²) in [6.45, 7) is -0.0987. The van der Waals surface area contributed by atoms with E-state index >= 15 is 0 Å². The molecule has 0 amide bonds. The first-order valence-electron chi connectivity index (χ1n) is 5.75. The van der Waals surface area contributed by atoms with Crippen molar-refractivity contribution in [1.29, 1.82) is 0 Å². The SMILES string of the molecule is COC(=O)[C@H](NP(=O)(Cl)Oc1ccccc1)C(C)C. The Morgan fingerprint density at radius 2 is 1.89 bits per heavy atom. The number of hydrogen-bond donors (Lipinski definition) is 1. The fraction of sp³-hybridized carbons (Fsp3) is 0.417. The van der Waals surface area contributed by atoms with E-state index in [1.165, 1.54) is 7.11 Å². The molecule has 1 aromatic carbocycles. The zero-order valence-corrected chi connectivity index (χ0v) is 12.6. The van der Waals surface area contributed by atoms with E-state index in [-0.39, 0.29) is 5.92 Å². The highest BCUT2D eigenvalue weighted by molar-refractivity contribution is 7.84. The molecule has 0 radical (unpaired) electrons. The van der Waals surface area contributed by atoms with Gasteiger partial charge in [-0.15, -0.1) is 0 Å². The molecule has 0 spiro atoms.